The van der Waals surface area contributed by atoms with E-state index in [-0.39, 0.29) is 16.8 Å². The number of aryl methyl sites for hydroxylation is 1. The predicted octanol–water partition coefficient (Wildman–Crippen LogP) is 5.82. The summed E-state index contributed by atoms with van der Waals surface area (Å²) in [5.74, 6) is 1.57. The summed E-state index contributed by atoms with van der Waals surface area (Å²) in [5, 5.41) is 3.82. The summed E-state index contributed by atoms with van der Waals surface area (Å²) in [6.07, 6.45) is 3.25. The van der Waals surface area contributed by atoms with Crippen molar-refractivity contribution in [2.75, 3.05) is 12.4 Å². The number of hydrogen-bond donors (Lipinski definition) is 1. The highest BCUT2D eigenvalue weighted by Crippen LogP contribution is 2.23. The summed E-state index contributed by atoms with van der Waals surface area (Å²) in [4.78, 5) is 6.36. The zero-order chi connectivity index (χ0) is 28.0. The molecule has 0 aliphatic rings. The fourth-order valence-corrected chi connectivity index (χ4v) is 6.08. The minimum Gasteiger partial charge on any atom is -0.497 e. The van der Waals surface area contributed by atoms with E-state index in [0.717, 1.165) is 34.0 Å². The van der Waals surface area contributed by atoms with E-state index in [1.807, 2.05) is 77.1 Å². The van der Waals surface area contributed by atoms with Crippen LogP contribution < -0.4 is 10.1 Å². The molecule has 2 heterocycles. The van der Waals surface area contributed by atoms with E-state index in [0.29, 0.717) is 24.7 Å². The lowest BCUT2D eigenvalue weighted by atomic mass is 10.1. The summed E-state index contributed by atoms with van der Waals surface area (Å²) < 4.78 is 39.8. The van der Waals surface area contributed by atoms with Gasteiger partial charge in [-0.25, -0.2) is 13.4 Å². The van der Waals surface area contributed by atoms with Crippen molar-refractivity contribution in [3.63, 3.8) is 0 Å². The fourth-order valence-electron chi connectivity index (χ4n) is 4.23. The second kappa shape index (κ2) is 12.5. The average Bonchev–Trinajstić information content (AvgIpc) is 3.55. The molecule has 39 heavy (non-hydrogen) atoms. The van der Waals surface area contributed by atoms with Gasteiger partial charge in [-0.05, 0) is 72.6 Å². The van der Waals surface area contributed by atoms with Gasteiger partial charge in [-0.2, -0.15) is 0 Å². The van der Waals surface area contributed by atoms with Gasteiger partial charge in [0, 0.05) is 12.2 Å². The highest BCUT2D eigenvalue weighted by molar-refractivity contribution is 7.90. The largest absolute Gasteiger partial charge is 0.497 e. The lowest BCUT2D eigenvalue weighted by molar-refractivity contribution is 0.345. The third-order valence-electron chi connectivity index (χ3n) is 6.24. The topological polar surface area (TPSA) is 89.6 Å². The van der Waals surface area contributed by atoms with Crippen molar-refractivity contribution in [3.05, 3.63) is 95.7 Å². The first-order valence-electron chi connectivity index (χ1n) is 12.7. The fraction of sp³-hybridized carbons (Fsp3) is 0.310. The summed E-state index contributed by atoms with van der Waals surface area (Å²) in [6, 6.07) is 18.7. The number of imidazole rings is 1. The second-order valence-electron chi connectivity index (χ2n) is 9.82. The summed E-state index contributed by atoms with van der Waals surface area (Å²) in [6.45, 7) is 7.26. The van der Waals surface area contributed by atoms with E-state index in [1.54, 1.807) is 19.6 Å². The van der Waals surface area contributed by atoms with Gasteiger partial charge in [0.1, 0.15) is 11.5 Å². The van der Waals surface area contributed by atoms with E-state index in [2.05, 4.69) is 24.1 Å². The molecule has 0 bridgehead atoms. The molecular formula is C29H34N4O4S2. The van der Waals surface area contributed by atoms with Crippen LogP contribution in [0.25, 0.3) is 0 Å². The van der Waals surface area contributed by atoms with Gasteiger partial charge in [0.15, 0.2) is 5.11 Å². The summed E-state index contributed by atoms with van der Waals surface area (Å²) in [5.41, 5.74) is 3.25. The molecule has 0 atom stereocenters. The second-order valence-corrected chi connectivity index (χ2v) is 12.1. The van der Waals surface area contributed by atoms with Crippen LogP contribution in [0.2, 0.25) is 0 Å². The van der Waals surface area contributed by atoms with E-state index >= 15 is 0 Å². The molecule has 0 unspecified atom stereocenters. The van der Waals surface area contributed by atoms with Crippen molar-refractivity contribution < 1.29 is 17.6 Å². The molecule has 0 radical (unpaired) electrons. The first-order valence-corrected chi connectivity index (χ1v) is 14.8. The molecule has 2 aromatic carbocycles. The molecule has 8 nitrogen and oxygen atoms in total. The molecule has 0 spiro atoms. The van der Waals surface area contributed by atoms with Crippen LogP contribution in [0.5, 0.6) is 5.75 Å². The molecule has 1 N–H and O–H groups in total. The van der Waals surface area contributed by atoms with Crippen LogP contribution >= 0.6 is 12.2 Å². The van der Waals surface area contributed by atoms with Crippen LogP contribution in [-0.2, 0) is 35.2 Å². The zero-order valence-electron chi connectivity index (χ0n) is 22.6. The standard InChI is InChI=1S/C29H34N4O4S2/c1-21(2)17-33-25(16-30-29(33)39(34,35)20-23-9-6-5-8-22(23)3)18-32(19-27-10-7-15-37-27)28(38)31-24-11-13-26(36-4)14-12-24/h5-16,21H,17-20H2,1-4H3,(H,31,38). The molecule has 2 aromatic heterocycles. The highest BCUT2D eigenvalue weighted by Gasteiger charge is 2.26. The minimum atomic E-state index is -3.70. The Bertz CT molecular complexity index is 1490. The number of furan rings is 1. The molecule has 0 aliphatic carbocycles. The van der Waals surface area contributed by atoms with Gasteiger partial charge in [-0.3, -0.25) is 0 Å². The Kier molecular flexibility index (Phi) is 9.08. The molecule has 4 rings (SSSR count). The average molecular weight is 567 g/mol. The summed E-state index contributed by atoms with van der Waals surface area (Å²) >= 11 is 5.80. The third kappa shape index (κ3) is 7.27. The molecule has 0 amide bonds. The maximum atomic E-state index is 13.6. The molecule has 0 saturated carbocycles. The van der Waals surface area contributed by atoms with Gasteiger partial charge in [0.25, 0.3) is 0 Å². The first-order chi connectivity index (χ1) is 18.7. The number of methoxy groups -OCH3 is 1. The van der Waals surface area contributed by atoms with Gasteiger partial charge in [0.05, 0.1) is 44.1 Å². The molecule has 0 fully saturated rings. The molecule has 0 saturated heterocycles. The maximum absolute atomic E-state index is 13.6. The number of benzene rings is 2. The number of aromatic nitrogens is 2. The van der Waals surface area contributed by atoms with E-state index < -0.39 is 9.84 Å². The van der Waals surface area contributed by atoms with Crippen LogP contribution in [0.3, 0.4) is 0 Å². The van der Waals surface area contributed by atoms with Crippen LogP contribution in [0.15, 0.2) is 82.7 Å². The highest BCUT2D eigenvalue weighted by atomic mass is 32.2. The first kappa shape index (κ1) is 28.4. The SMILES string of the molecule is COc1ccc(NC(=S)N(Cc2ccco2)Cc2cnc(S(=O)(=O)Cc3ccccc3C)n2CC(C)C)cc1. The third-order valence-corrected chi connectivity index (χ3v) is 8.18. The van der Waals surface area contributed by atoms with Crippen LogP contribution in [-0.4, -0.2) is 35.1 Å². The van der Waals surface area contributed by atoms with E-state index in [4.69, 9.17) is 21.4 Å². The van der Waals surface area contributed by atoms with Crippen molar-refractivity contribution in [2.24, 2.45) is 5.92 Å². The number of hydrogen-bond acceptors (Lipinski definition) is 6. The van der Waals surface area contributed by atoms with Gasteiger partial charge >= 0.3 is 0 Å². The van der Waals surface area contributed by atoms with Crippen molar-refractivity contribution in [1.82, 2.24) is 14.5 Å². The van der Waals surface area contributed by atoms with Crippen LogP contribution in [0.4, 0.5) is 5.69 Å². The van der Waals surface area contributed by atoms with Crippen molar-refractivity contribution in [3.8, 4) is 5.75 Å². The van der Waals surface area contributed by atoms with Crippen LogP contribution in [0.1, 0.15) is 36.4 Å². The van der Waals surface area contributed by atoms with E-state index in [9.17, 15) is 8.42 Å². The Morgan fingerprint density at radius 1 is 1.10 bits per heavy atom. The quantitative estimate of drug-likeness (QED) is 0.227. The number of sulfone groups is 1. The molecule has 0 aliphatic heterocycles. The normalized spacial score (nSPS) is 11.5. The van der Waals surface area contributed by atoms with Gasteiger partial charge in [-0.15, -0.1) is 0 Å². The predicted molar refractivity (Wildman–Crippen MR) is 156 cm³/mol. The lowest BCUT2D eigenvalue weighted by Crippen LogP contribution is -2.34. The smallest absolute Gasteiger partial charge is 0.228 e. The van der Waals surface area contributed by atoms with Gasteiger partial charge in [0.2, 0.25) is 15.0 Å². The van der Waals surface area contributed by atoms with Gasteiger partial charge in [-0.1, -0.05) is 38.1 Å². The Hall–Kier alpha value is -3.63. The van der Waals surface area contributed by atoms with Crippen molar-refractivity contribution in [1.29, 1.82) is 0 Å². The van der Waals surface area contributed by atoms with Crippen molar-refractivity contribution >= 4 is 32.9 Å². The van der Waals surface area contributed by atoms with E-state index in [1.165, 1.54) is 0 Å². The maximum Gasteiger partial charge on any atom is 0.228 e. The molecule has 4 aromatic rings. The van der Waals surface area contributed by atoms with Crippen molar-refractivity contribution in [2.45, 2.75) is 51.3 Å². The Balaban J connectivity index is 1.64. The number of nitrogens with one attached hydrogen (secondary N) is 1. The zero-order valence-corrected chi connectivity index (χ0v) is 24.3. The van der Waals surface area contributed by atoms with Gasteiger partial charge < -0.3 is 23.9 Å². The lowest BCUT2D eigenvalue weighted by Gasteiger charge is -2.26. The monoisotopic (exact) mass is 566 g/mol. The minimum absolute atomic E-state index is 0.0708. The Morgan fingerprint density at radius 3 is 2.49 bits per heavy atom. The number of thiocarbonyl (C=S) groups is 1. The number of anilines is 1. The Morgan fingerprint density at radius 2 is 1.85 bits per heavy atom. The molecule has 10 heteroatoms. The van der Waals surface area contributed by atoms with Crippen LogP contribution in [0, 0.1) is 12.8 Å². The number of rotatable bonds is 11. The molecule has 206 valence electrons. The number of ether oxygens (including phenoxy) is 1. The summed E-state index contributed by atoms with van der Waals surface area (Å²) in [7, 11) is -2.08. The Labute approximate surface area is 235 Å². The molecular weight excluding hydrogens is 532 g/mol. The number of nitrogens with zero attached hydrogens (tertiary/aromatic N) is 3.